The van der Waals surface area contributed by atoms with Gasteiger partial charge in [-0.25, -0.2) is 14.8 Å². The second kappa shape index (κ2) is 11.2. The maximum Gasteiger partial charge on any atom is 0.416 e. The minimum Gasteiger partial charge on any atom is -0.486 e. The molecule has 3 aromatic carbocycles. The Kier molecular flexibility index (Phi) is 8.21. The molecule has 0 amide bonds. The highest BCUT2D eigenvalue weighted by molar-refractivity contribution is 6.06. The lowest BCUT2D eigenvalue weighted by molar-refractivity contribution is -0.152. The normalized spacial score (nSPS) is 12.8. The zero-order chi connectivity index (χ0) is 27.2. The molecule has 0 bridgehead atoms. The zero-order valence-corrected chi connectivity index (χ0v) is 20.4. The molecule has 0 aliphatic carbocycles. The number of aliphatic carboxylic acids is 1. The number of nitrogens with zero attached hydrogens (tertiary/aromatic N) is 2. The largest absolute Gasteiger partial charge is 0.486 e. The summed E-state index contributed by atoms with van der Waals surface area (Å²) in [6, 6.07) is 18.2. The molecule has 0 aliphatic heterocycles. The van der Waals surface area contributed by atoms with Crippen molar-refractivity contribution < 1.29 is 32.5 Å². The van der Waals surface area contributed by atoms with E-state index in [4.69, 9.17) is 15.2 Å². The average molecular weight is 514 g/mol. The van der Waals surface area contributed by atoms with Gasteiger partial charge in [0.2, 0.25) is 0 Å². The predicted octanol–water partition coefficient (Wildman–Crippen LogP) is 5.77. The zero-order valence-electron chi connectivity index (χ0n) is 20.4. The topological polar surface area (TPSA) is 107 Å². The lowest BCUT2D eigenvalue weighted by atomic mass is 10.1. The van der Waals surface area contributed by atoms with Crippen molar-refractivity contribution in [2.75, 3.05) is 6.61 Å². The van der Waals surface area contributed by atoms with Crippen molar-refractivity contribution in [1.82, 2.24) is 0 Å². The monoisotopic (exact) mass is 513 g/mol. The van der Waals surface area contributed by atoms with Crippen LogP contribution < -0.4 is 15.2 Å². The molecule has 7 nitrogen and oxygen atoms in total. The van der Waals surface area contributed by atoms with E-state index >= 15 is 0 Å². The number of aryl methyl sites for hydroxylation is 1. The number of carboxylic acids is 1. The molecule has 0 aromatic heterocycles. The standard InChI is InChI=1S/C27H26F3N3O4/c1-17-15-21(13-14-22(17)37-26(2,3)25(34)35)36-16-23(32-20-7-5-4-6-8-20)33-24(31)18-9-11-19(12-10-18)27(28,29)30/h4-15H,16H2,1-3H3,(H,34,35)(H2,31,32,33). The molecule has 3 N–H and O–H groups in total. The molecule has 0 fully saturated rings. The van der Waals surface area contributed by atoms with E-state index in [2.05, 4.69) is 9.98 Å². The van der Waals surface area contributed by atoms with Gasteiger partial charge in [-0.05, 0) is 68.8 Å². The summed E-state index contributed by atoms with van der Waals surface area (Å²) in [7, 11) is 0. The Labute approximate surface area is 212 Å². The second-order valence-corrected chi connectivity index (χ2v) is 8.57. The van der Waals surface area contributed by atoms with Crippen molar-refractivity contribution >= 4 is 23.3 Å². The summed E-state index contributed by atoms with van der Waals surface area (Å²) < 4.78 is 50.1. The van der Waals surface area contributed by atoms with Gasteiger partial charge in [0.25, 0.3) is 0 Å². The van der Waals surface area contributed by atoms with Crippen molar-refractivity contribution in [3.63, 3.8) is 0 Å². The van der Waals surface area contributed by atoms with E-state index in [1.807, 2.05) is 6.07 Å². The Bertz CT molecular complexity index is 1300. The van der Waals surface area contributed by atoms with Gasteiger partial charge >= 0.3 is 12.1 Å². The van der Waals surface area contributed by atoms with E-state index in [1.165, 1.54) is 26.0 Å². The van der Waals surface area contributed by atoms with Gasteiger partial charge in [-0.15, -0.1) is 0 Å². The summed E-state index contributed by atoms with van der Waals surface area (Å²) in [6.07, 6.45) is -4.46. The molecule has 0 unspecified atom stereocenters. The molecular weight excluding hydrogens is 487 g/mol. The van der Waals surface area contributed by atoms with Crippen LogP contribution in [0.4, 0.5) is 18.9 Å². The van der Waals surface area contributed by atoms with Gasteiger partial charge in [0.1, 0.15) is 23.9 Å². The van der Waals surface area contributed by atoms with Crippen LogP contribution in [0.25, 0.3) is 0 Å². The van der Waals surface area contributed by atoms with Crippen LogP contribution in [-0.4, -0.2) is 35.0 Å². The summed E-state index contributed by atoms with van der Waals surface area (Å²) in [4.78, 5) is 20.1. The Morgan fingerprint density at radius 1 is 1.00 bits per heavy atom. The lowest BCUT2D eigenvalue weighted by Crippen LogP contribution is -2.38. The number of carbonyl (C=O) groups is 1. The number of amidine groups is 2. The number of nitrogens with two attached hydrogens (primary N) is 1. The Hall–Kier alpha value is -4.34. The van der Waals surface area contributed by atoms with Crippen molar-refractivity contribution in [2.45, 2.75) is 32.5 Å². The number of ether oxygens (including phenoxy) is 2. The van der Waals surface area contributed by atoms with E-state index in [0.29, 0.717) is 28.3 Å². The van der Waals surface area contributed by atoms with Gasteiger partial charge in [-0.2, -0.15) is 13.2 Å². The van der Waals surface area contributed by atoms with Crippen LogP contribution in [0, 0.1) is 6.92 Å². The molecule has 0 heterocycles. The fourth-order valence-corrected chi connectivity index (χ4v) is 3.07. The number of hydrogen-bond donors (Lipinski definition) is 2. The molecule has 0 saturated heterocycles. The fraction of sp³-hybridized carbons (Fsp3) is 0.222. The maximum absolute atomic E-state index is 12.9. The molecule has 3 aromatic rings. The first kappa shape index (κ1) is 27.3. The highest BCUT2D eigenvalue weighted by atomic mass is 19.4. The molecule has 194 valence electrons. The number of alkyl halides is 3. The number of carboxylic acid groups (broad SMARTS) is 1. The minimum absolute atomic E-state index is 0.0252. The first-order valence-electron chi connectivity index (χ1n) is 11.2. The van der Waals surface area contributed by atoms with Gasteiger partial charge < -0.3 is 20.3 Å². The van der Waals surface area contributed by atoms with Crippen LogP contribution in [0.15, 0.2) is 82.8 Å². The summed E-state index contributed by atoms with van der Waals surface area (Å²) in [5, 5.41) is 9.28. The van der Waals surface area contributed by atoms with Crippen LogP contribution in [0.1, 0.15) is 30.5 Å². The summed E-state index contributed by atoms with van der Waals surface area (Å²) in [6.45, 7) is 4.55. The molecule has 0 atom stereocenters. The molecule has 0 spiro atoms. The highest BCUT2D eigenvalue weighted by Gasteiger charge is 2.30. The van der Waals surface area contributed by atoms with Gasteiger partial charge in [0.05, 0.1) is 11.3 Å². The van der Waals surface area contributed by atoms with Crippen molar-refractivity contribution in [2.24, 2.45) is 15.7 Å². The molecule has 10 heteroatoms. The van der Waals surface area contributed by atoms with E-state index in [0.717, 1.165) is 12.1 Å². The van der Waals surface area contributed by atoms with Crippen molar-refractivity contribution in [3.8, 4) is 11.5 Å². The number of para-hydroxylation sites is 1. The van der Waals surface area contributed by atoms with Crippen molar-refractivity contribution in [1.29, 1.82) is 0 Å². The summed E-state index contributed by atoms with van der Waals surface area (Å²) in [5.74, 6) is -0.0987. The van der Waals surface area contributed by atoms with Gasteiger partial charge in [0, 0.05) is 5.56 Å². The van der Waals surface area contributed by atoms with Crippen LogP contribution in [0.2, 0.25) is 0 Å². The Balaban J connectivity index is 1.83. The number of rotatable bonds is 8. The summed E-state index contributed by atoms with van der Waals surface area (Å²) in [5.41, 5.74) is 5.41. The molecule has 3 rings (SSSR count). The van der Waals surface area contributed by atoms with E-state index < -0.39 is 23.3 Å². The number of hydrogen-bond acceptors (Lipinski definition) is 4. The average Bonchev–Trinajstić information content (AvgIpc) is 2.84. The summed E-state index contributed by atoms with van der Waals surface area (Å²) >= 11 is 0. The quantitative estimate of drug-likeness (QED) is 0.294. The van der Waals surface area contributed by atoms with Crippen LogP contribution in [0.5, 0.6) is 11.5 Å². The van der Waals surface area contributed by atoms with E-state index in [-0.39, 0.29) is 18.3 Å². The molecule has 0 saturated carbocycles. The van der Waals surface area contributed by atoms with Gasteiger partial charge in [0.15, 0.2) is 11.4 Å². The second-order valence-electron chi connectivity index (χ2n) is 8.57. The third-order valence-corrected chi connectivity index (χ3v) is 5.17. The van der Waals surface area contributed by atoms with Crippen LogP contribution in [-0.2, 0) is 11.0 Å². The predicted molar refractivity (Wildman–Crippen MR) is 135 cm³/mol. The van der Waals surface area contributed by atoms with E-state index in [1.54, 1.807) is 49.4 Å². The van der Waals surface area contributed by atoms with Crippen molar-refractivity contribution in [3.05, 3.63) is 89.5 Å². The molecule has 0 radical (unpaired) electrons. The molecular formula is C27H26F3N3O4. The van der Waals surface area contributed by atoms with Gasteiger partial charge in [-0.1, -0.05) is 30.3 Å². The smallest absolute Gasteiger partial charge is 0.416 e. The minimum atomic E-state index is -4.46. The van der Waals surface area contributed by atoms with Crippen LogP contribution >= 0.6 is 0 Å². The first-order valence-corrected chi connectivity index (χ1v) is 11.2. The molecule has 37 heavy (non-hydrogen) atoms. The number of benzene rings is 3. The Morgan fingerprint density at radius 2 is 1.65 bits per heavy atom. The number of aliphatic imine (C=N–C) groups is 2. The van der Waals surface area contributed by atoms with Gasteiger partial charge in [-0.3, -0.25) is 0 Å². The first-order chi connectivity index (χ1) is 17.3. The highest BCUT2D eigenvalue weighted by Crippen LogP contribution is 2.29. The molecule has 0 aliphatic rings. The van der Waals surface area contributed by atoms with Crippen LogP contribution in [0.3, 0.4) is 0 Å². The third-order valence-electron chi connectivity index (χ3n) is 5.17. The maximum atomic E-state index is 12.9. The fourth-order valence-electron chi connectivity index (χ4n) is 3.07. The number of halogens is 3. The third kappa shape index (κ3) is 7.57. The Morgan fingerprint density at radius 3 is 2.22 bits per heavy atom. The van der Waals surface area contributed by atoms with E-state index in [9.17, 15) is 23.1 Å². The SMILES string of the molecule is Cc1cc(OCC(=Nc2ccccc2)N=C(N)c2ccc(C(F)(F)F)cc2)ccc1OC(C)(C)C(=O)O. The lowest BCUT2D eigenvalue weighted by Gasteiger charge is -2.23.